The van der Waals surface area contributed by atoms with Crippen LogP contribution in [0.15, 0.2) is 15.6 Å². The molecule has 6 rings (SSSR count). The number of aliphatic hydroxyl groups excluding tert-OH is 1. The van der Waals surface area contributed by atoms with E-state index in [9.17, 15) is 10.2 Å². The third-order valence-electron chi connectivity index (χ3n) is 6.41. The molecule has 6 heteroatoms. The summed E-state index contributed by atoms with van der Waals surface area (Å²) < 4.78 is 3.24. The van der Waals surface area contributed by atoms with Crippen LogP contribution in [0.25, 0.3) is 5.57 Å². The Kier molecular flexibility index (Phi) is 2.33. The molecule has 1 aliphatic carbocycles. The molecule has 1 spiro atoms. The molecule has 5 nitrogen and oxygen atoms in total. The predicted molar refractivity (Wildman–Crippen MR) is 95.8 cm³/mol. The molecule has 2 bridgehead atoms. The van der Waals surface area contributed by atoms with Crippen molar-refractivity contribution in [3.05, 3.63) is 26.7 Å². The standard InChI is InChI=1S/C18H16BrN3O2/c19-9-5-18-2-3-20-14-12(18)15-11-8(7-21-13(11)17(14)24)1-4-22(15)10(6-18)16(9)23/h5,7,10,16,23H,1-4,6H2,(H,20,21,24)/p+1. The molecule has 5 aliphatic rings. The van der Waals surface area contributed by atoms with Gasteiger partial charge in [0.25, 0.3) is 0 Å². The van der Waals surface area contributed by atoms with Crippen LogP contribution >= 0.6 is 15.9 Å². The first-order chi connectivity index (χ1) is 11.6. The lowest BCUT2D eigenvalue weighted by Crippen LogP contribution is -2.64. The zero-order chi connectivity index (χ0) is 16.2. The first kappa shape index (κ1) is 13.6. The Bertz CT molecular complexity index is 1030. The summed E-state index contributed by atoms with van der Waals surface area (Å²) in [4.78, 5) is 4.50. The summed E-state index contributed by atoms with van der Waals surface area (Å²) in [6, 6.07) is 0.0821. The van der Waals surface area contributed by atoms with Crippen LogP contribution in [0.2, 0.25) is 0 Å². The molecule has 0 saturated heterocycles. The number of aliphatic hydroxyl groups is 1. The second-order valence-electron chi connectivity index (χ2n) is 7.48. The predicted octanol–water partition coefficient (Wildman–Crippen LogP) is 0.633. The van der Waals surface area contributed by atoms with Gasteiger partial charge in [0, 0.05) is 35.5 Å². The van der Waals surface area contributed by atoms with E-state index in [4.69, 9.17) is 0 Å². The molecule has 122 valence electrons. The summed E-state index contributed by atoms with van der Waals surface area (Å²) in [7, 11) is 0. The number of nitrogens with zero attached hydrogens (tertiary/aromatic N) is 2. The molecule has 0 radical (unpaired) electrons. The van der Waals surface area contributed by atoms with E-state index in [2.05, 4.69) is 36.9 Å². The average molecular weight is 387 g/mol. The number of rotatable bonds is 0. The summed E-state index contributed by atoms with van der Waals surface area (Å²) in [5.74, 6) is 0.282. The molecule has 0 aromatic heterocycles. The van der Waals surface area contributed by atoms with Gasteiger partial charge in [-0.15, -0.1) is 0 Å². The zero-order valence-electron chi connectivity index (χ0n) is 13.0. The molecule has 1 aromatic rings. The Morgan fingerprint density at radius 1 is 1.42 bits per heavy atom. The van der Waals surface area contributed by atoms with Crippen LogP contribution in [-0.2, 0) is 5.41 Å². The van der Waals surface area contributed by atoms with E-state index in [1.54, 1.807) is 0 Å². The number of aromatic hydroxyl groups is 1. The summed E-state index contributed by atoms with van der Waals surface area (Å²) in [6.07, 6.45) is 6.40. The minimum atomic E-state index is -0.490. The molecule has 0 fully saturated rings. The molecular weight excluding hydrogens is 370 g/mol. The highest BCUT2D eigenvalue weighted by Crippen LogP contribution is 2.51. The Morgan fingerprint density at radius 3 is 3.17 bits per heavy atom. The van der Waals surface area contributed by atoms with Gasteiger partial charge in [-0.2, -0.15) is 0 Å². The van der Waals surface area contributed by atoms with Gasteiger partial charge in [-0.1, -0.05) is 22.0 Å². The molecule has 4 heterocycles. The molecule has 3 atom stereocenters. The zero-order valence-corrected chi connectivity index (χ0v) is 14.6. The van der Waals surface area contributed by atoms with Crippen molar-refractivity contribution in [3.63, 3.8) is 0 Å². The van der Waals surface area contributed by atoms with Gasteiger partial charge in [0.2, 0.25) is 5.36 Å². The quantitative estimate of drug-likeness (QED) is 0.452. The first-order valence-electron chi connectivity index (χ1n) is 8.51. The molecule has 24 heavy (non-hydrogen) atoms. The van der Waals surface area contributed by atoms with Crippen LogP contribution in [-0.4, -0.2) is 41.7 Å². The van der Waals surface area contributed by atoms with Crippen molar-refractivity contribution in [2.45, 2.75) is 36.8 Å². The number of phenols is 1. The molecule has 3 N–H and O–H groups in total. The van der Waals surface area contributed by atoms with Crippen LogP contribution in [0.3, 0.4) is 0 Å². The van der Waals surface area contributed by atoms with E-state index < -0.39 is 6.10 Å². The van der Waals surface area contributed by atoms with Crippen molar-refractivity contribution in [1.82, 2.24) is 4.58 Å². The first-order valence-corrected chi connectivity index (χ1v) is 9.30. The fourth-order valence-electron chi connectivity index (χ4n) is 5.41. The highest BCUT2D eigenvalue weighted by Gasteiger charge is 2.54. The van der Waals surface area contributed by atoms with Gasteiger partial charge in [-0.25, -0.2) is 4.58 Å². The van der Waals surface area contributed by atoms with Crippen LogP contribution < -0.4 is 20.5 Å². The number of hydrogen-bond acceptors (Lipinski definition) is 4. The van der Waals surface area contributed by atoms with Crippen LogP contribution in [0.1, 0.15) is 24.8 Å². The van der Waals surface area contributed by atoms with Gasteiger partial charge in [0.1, 0.15) is 18.3 Å². The summed E-state index contributed by atoms with van der Waals surface area (Å²) >= 11 is 3.61. The van der Waals surface area contributed by atoms with Crippen molar-refractivity contribution in [2.24, 2.45) is 4.99 Å². The number of fused-ring (bicyclic) bond motifs is 2. The smallest absolute Gasteiger partial charge is 0.216 e. The maximum atomic E-state index is 10.9. The van der Waals surface area contributed by atoms with Gasteiger partial charge in [-0.3, -0.25) is 4.99 Å². The largest absolute Gasteiger partial charge is 0.504 e. The molecular formula is C18H17BrN3O2+. The Morgan fingerprint density at radius 2 is 2.29 bits per heavy atom. The lowest BCUT2D eigenvalue weighted by atomic mass is 9.64. The average Bonchev–Trinajstić information content (AvgIpc) is 3.01. The topological polar surface area (TPSA) is 67.9 Å². The molecule has 4 aliphatic heterocycles. The summed E-state index contributed by atoms with van der Waals surface area (Å²) in [6.45, 7) is 1.71. The third-order valence-corrected chi connectivity index (χ3v) is 7.11. The number of hydrogen-bond donors (Lipinski definition) is 3. The fraction of sp³-hybridized carbons (Fsp3) is 0.444. The summed E-state index contributed by atoms with van der Waals surface area (Å²) in [5.41, 5.74) is 3.84. The number of halogens is 1. The third kappa shape index (κ3) is 1.34. The van der Waals surface area contributed by atoms with Crippen molar-refractivity contribution in [3.8, 4) is 5.75 Å². The number of phenolic OH excluding ortho intramolecular Hbond substituents is 1. The van der Waals surface area contributed by atoms with Crippen molar-refractivity contribution < 1.29 is 10.2 Å². The highest BCUT2D eigenvalue weighted by molar-refractivity contribution is 9.11. The van der Waals surface area contributed by atoms with E-state index in [0.717, 1.165) is 47.7 Å². The van der Waals surface area contributed by atoms with E-state index in [-0.39, 0.29) is 17.2 Å². The monoisotopic (exact) mass is 386 g/mol. The van der Waals surface area contributed by atoms with Crippen LogP contribution in [0.5, 0.6) is 5.75 Å². The van der Waals surface area contributed by atoms with Crippen LogP contribution in [0, 0.1) is 0 Å². The Balaban J connectivity index is 1.90. The maximum absolute atomic E-state index is 10.9. The Labute approximate surface area is 146 Å². The second kappa shape index (κ2) is 4.11. The highest BCUT2D eigenvalue weighted by atomic mass is 79.9. The van der Waals surface area contributed by atoms with Gasteiger partial charge >= 0.3 is 0 Å². The van der Waals surface area contributed by atoms with Gasteiger partial charge in [-0.05, 0) is 12.0 Å². The number of aliphatic imine (C=N–C) groups is 1. The van der Waals surface area contributed by atoms with Crippen molar-refractivity contribution >= 4 is 39.1 Å². The van der Waals surface area contributed by atoms with E-state index in [1.165, 1.54) is 16.5 Å². The molecule has 3 unspecified atom stereocenters. The van der Waals surface area contributed by atoms with Gasteiger partial charge in [0.05, 0.1) is 16.5 Å². The van der Waals surface area contributed by atoms with Gasteiger partial charge < -0.3 is 15.5 Å². The number of anilines is 1. The SMILES string of the molecule is Oc1c2c3c4c5c1N=CC=5CC[N+]=4C1CC3(C=C(Br)C1O)CCN2. The number of allylic oxidation sites excluding steroid dienone is 1. The minimum absolute atomic E-state index is 0.0821. The maximum Gasteiger partial charge on any atom is 0.216 e. The van der Waals surface area contributed by atoms with E-state index in [1.807, 2.05) is 6.21 Å². The van der Waals surface area contributed by atoms with Crippen molar-refractivity contribution in [2.75, 3.05) is 18.4 Å². The lowest BCUT2D eigenvalue weighted by molar-refractivity contribution is 0.113. The molecule has 1 aromatic carbocycles. The Hall–Kier alpha value is -1.66. The summed E-state index contributed by atoms with van der Waals surface area (Å²) in [5, 5.41) is 27.3. The fourth-order valence-corrected chi connectivity index (χ4v) is 6.15. The normalized spacial score (nSPS) is 34.0. The number of nitrogens with one attached hydrogen (secondary N) is 1. The van der Waals surface area contributed by atoms with Crippen molar-refractivity contribution in [1.29, 1.82) is 0 Å². The molecule has 0 saturated carbocycles. The van der Waals surface area contributed by atoms with E-state index in [0.29, 0.717) is 5.69 Å². The van der Waals surface area contributed by atoms with Crippen LogP contribution in [0.4, 0.5) is 11.4 Å². The van der Waals surface area contributed by atoms with E-state index >= 15 is 0 Å². The lowest BCUT2D eigenvalue weighted by Gasteiger charge is -2.45. The second-order valence-corrected chi connectivity index (χ2v) is 8.39. The number of benzene rings is 1. The minimum Gasteiger partial charge on any atom is -0.504 e. The molecule has 0 amide bonds. The van der Waals surface area contributed by atoms with Gasteiger partial charge in [0.15, 0.2) is 11.8 Å².